The maximum Gasteiger partial charge on any atom is 0.263 e. The third kappa shape index (κ3) is 3.55. The summed E-state index contributed by atoms with van der Waals surface area (Å²) < 4.78 is 31.6. The van der Waals surface area contributed by atoms with Crippen molar-refractivity contribution in [3.63, 3.8) is 0 Å². The van der Waals surface area contributed by atoms with Crippen LogP contribution in [-0.4, -0.2) is 18.0 Å². The van der Waals surface area contributed by atoms with E-state index in [0.29, 0.717) is 11.6 Å². The van der Waals surface area contributed by atoms with E-state index in [4.69, 9.17) is 0 Å². The summed E-state index contributed by atoms with van der Waals surface area (Å²) in [4.78, 5) is 4.72. The fourth-order valence-electron chi connectivity index (χ4n) is 3.86. The lowest BCUT2D eigenvalue weighted by Crippen LogP contribution is -2.16. The van der Waals surface area contributed by atoms with Crippen molar-refractivity contribution in [2.24, 2.45) is 0 Å². The first-order valence-corrected chi connectivity index (χ1v) is 11.7. The number of nitrogens with one attached hydrogen (secondary N) is 1. The summed E-state index contributed by atoms with van der Waals surface area (Å²) in [7, 11) is -3.84. The molecule has 0 saturated carbocycles. The minimum atomic E-state index is -3.84. The topological polar surface area (TPSA) is 64.0 Å². The lowest BCUT2D eigenvalue weighted by atomic mass is 10.0. The first-order chi connectivity index (χ1) is 15.5. The van der Waals surface area contributed by atoms with Gasteiger partial charge in [0.15, 0.2) is 0 Å². The molecule has 5 rings (SSSR count). The van der Waals surface area contributed by atoms with Gasteiger partial charge in [-0.2, -0.15) is 0 Å². The molecule has 0 aliphatic carbocycles. The van der Waals surface area contributed by atoms with Crippen molar-refractivity contribution >= 4 is 26.7 Å². The Morgan fingerprint density at radius 3 is 2.19 bits per heavy atom. The number of hydrogen-bond donors (Lipinski definition) is 1. The predicted molar refractivity (Wildman–Crippen MR) is 128 cm³/mol. The van der Waals surface area contributed by atoms with E-state index in [1.54, 1.807) is 30.5 Å². The number of pyridine rings is 1. The van der Waals surface area contributed by atoms with Gasteiger partial charge in [0.25, 0.3) is 10.0 Å². The number of nitrogens with zero attached hydrogens (tertiary/aromatic N) is 2. The molecule has 5 aromatic rings. The van der Waals surface area contributed by atoms with E-state index in [0.717, 1.165) is 27.6 Å². The summed E-state index contributed by atoms with van der Waals surface area (Å²) in [5.74, 6) is 1.09. The second-order valence-electron chi connectivity index (χ2n) is 7.55. The number of aromatic nitrogens is 2. The van der Waals surface area contributed by atoms with Gasteiger partial charge in [0.05, 0.1) is 10.4 Å². The van der Waals surface area contributed by atoms with Crippen LogP contribution in [0, 0.1) is 6.92 Å². The zero-order chi connectivity index (χ0) is 22.1. The predicted octanol–water partition coefficient (Wildman–Crippen LogP) is 5.80. The van der Waals surface area contributed by atoms with Gasteiger partial charge in [-0.25, -0.2) is 13.4 Å². The van der Waals surface area contributed by atoms with Crippen LogP contribution in [0.2, 0.25) is 0 Å². The van der Waals surface area contributed by atoms with E-state index < -0.39 is 10.0 Å². The van der Waals surface area contributed by atoms with Crippen LogP contribution in [0.1, 0.15) is 5.56 Å². The molecule has 0 radical (unpaired) electrons. The molecule has 0 amide bonds. The lowest BCUT2D eigenvalue weighted by Gasteiger charge is -2.14. The van der Waals surface area contributed by atoms with Crippen LogP contribution in [0.5, 0.6) is 0 Å². The Morgan fingerprint density at radius 2 is 1.47 bits per heavy atom. The monoisotopic (exact) mass is 439 g/mol. The number of anilines is 1. The second kappa shape index (κ2) is 7.98. The molecule has 0 fully saturated rings. The molecule has 0 aliphatic heterocycles. The molecule has 1 N–H and O–H groups in total. The molecule has 2 aromatic heterocycles. The van der Waals surface area contributed by atoms with E-state index in [9.17, 15) is 8.42 Å². The number of aryl methyl sites for hydroxylation is 1. The molecule has 5 nitrogen and oxygen atoms in total. The van der Waals surface area contributed by atoms with Crippen molar-refractivity contribution in [2.45, 2.75) is 11.8 Å². The summed E-state index contributed by atoms with van der Waals surface area (Å²) in [5.41, 5.74) is 3.59. The Labute approximate surface area is 187 Å². The van der Waals surface area contributed by atoms with Gasteiger partial charge in [-0.15, -0.1) is 0 Å². The molecule has 158 valence electrons. The highest BCUT2D eigenvalue weighted by atomic mass is 32.2. The van der Waals surface area contributed by atoms with Gasteiger partial charge in [0, 0.05) is 17.1 Å². The highest BCUT2D eigenvalue weighted by molar-refractivity contribution is 7.92. The van der Waals surface area contributed by atoms with Crippen molar-refractivity contribution in [3.05, 3.63) is 109 Å². The molecule has 6 heteroatoms. The van der Waals surface area contributed by atoms with Crippen LogP contribution in [-0.2, 0) is 10.0 Å². The Bertz CT molecular complexity index is 1420. The Balaban J connectivity index is 1.81. The minimum Gasteiger partial charge on any atom is -0.279 e. The van der Waals surface area contributed by atoms with Gasteiger partial charge >= 0.3 is 0 Å². The zero-order valence-corrected chi connectivity index (χ0v) is 18.3. The van der Waals surface area contributed by atoms with E-state index in [1.807, 2.05) is 84.3 Å². The van der Waals surface area contributed by atoms with Gasteiger partial charge in [-0.05, 0) is 42.8 Å². The largest absolute Gasteiger partial charge is 0.279 e. The summed E-state index contributed by atoms with van der Waals surface area (Å²) in [6.45, 7) is 1.93. The molecule has 3 aromatic carbocycles. The molecular weight excluding hydrogens is 418 g/mol. The van der Waals surface area contributed by atoms with Crippen LogP contribution in [0.25, 0.3) is 27.8 Å². The van der Waals surface area contributed by atoms with Crippen molar-refractivity contribution in [3.8, 4) is 16.9 Å². The minimum absolute atomic E-state index is 0.208. The fourth-order valence-corrected chi connectivity index (χ4v) is 4.92. The standard InChI is InChI=1S/C26H21N3O2S/c1-19-14-16-21(17-15-19)32(30,31)28-26-25(20-9-3-2-4-10-20)22-11-5-6-12-23(22)29(26)24-13-7-8-18-27-24/h2-18,28H,1H3. The van der Waals surface area contributed by atoms with E-state index in [1.165, 1.54) is 0 Å². The number of hydrogen-bond acceptors (Lipinski definition) is 3. The molecule has 0 spiro atoms. The molecule has 0 aliphatic rings. The third-order valence-electron chi connectivity index (χ3n) is 5.38. The Kier molecular flexibility index (Phi) is 4.99. The fraction of sp³-hybridized carbons (Fsp3) is 0.0385. The van der Waals surface area contributed by atoms with Crippen LogP contribution < -0.4 is 4.72 Å². The molecule has 32 heavy (non-hydrogen) atoms. The van der Waals surface area contributed by atoms with Gasteiger partial charge in [0.2, 0.25) is 0 Å². The smallest absolute Gasteiger partial charge is 0.263 e. The van der Waals surface area contributed by atoms with Crippen LogP contribution >= 0.6 is 0 Å². The number of sulfonamides is 1. The zero-order valence-electron chi connectivity index (χ0n) is 17.4. The molecule has 0 unspecified atom stereocenters. The van der Waals surface area contributed by atoms with E-state index in [-0.39, 0.29) is 4.90 Å². The second-order valence-corrected chi connectivity index (χ2v) is 9.23. The third-order valence-corrected chi connectivity index (χ3v) is 6.73. The summed E-state index contributed by atoms with van der Waals surface area (Å²) >= 11 is 0. The summed E-state index contributed by atoms with van der Waals surface area (Å²) in [6, 6.07) is 30.1. The number of benzene rings is 3. The molecule has 0 atom stereocenters. The van der Waals surface area contributed by atoms with Gasteiger partial charge in [0.1, 0.15) is 11.6 Å². The van der Waals surface area contributed by atoms with Crippen LogP contribution in [0.3, 0.4) is 0 Å². The number of para-hydroxylation sites is 1. The number of rotatable bonds is 5. The first-order valence-electron chi connectivity index (χ1n) is 10.2. The van der Waals surface area contributed by atoms with Gasteiger partial charge < -0.3 is 0 Å². The quantitative estimate of drug-likeness (QED) is 0.376. The molecule has 0 saturated heterocycles. The van der Waals surface area contributed by atoms with Gasteiger partial charge in [-0.3, -0.25) is 9.29 Å². The Morgan fingerprint density at radius 1 is 0.781 bits per heavy atom. The van der Waals surface area contributed by atoms with Crippen molar-refractivity contribution in [1.82, 2.24) is 9.55 Å². The lowest BCUT2D eigenvalue weighted by molar-refractivity contribution is 0.601. The van der Waals surface area contributed by atoms with Crippen molar-refractivity contribution < 1.29 is 8.42 Å². The van der Waals surface area contributed by atoms with Gasteiger partial charge in [-0.1, -0.05) is 72.3 Å². The molecule has 0 bridgehead atoms. The summed E-state index contributed by atoms with van der Waals surface area (Å²) in [5, 5.41) is 0.936. The van der Waals surface area contributed by atoms with Crippen LogP contribution in [0.15, 0.2) is 108 Å². The SMILES string of the molecule is Cc1ccc(S(=O)(=O)Nc2c(-c3ccccc3)c3ccccc3n2-c2ccccn2)cc1. The van der Waals surface area contributed by atoms with Crippen molar-refractivity contribution in [1.29, 1.82) is 0 Å². The van der Waals surface area contributed by atoms with E-state index in [2.05, 4.69) is 9.71 Å². The highest BCUT2D eigenvalue weighted by Gasteiger charge is 2.24. The average Bonchev–Trinajstić information content (AvgIpc) is 3.13. The molecular formula is C26H21N3O2S. The maximum atomic E-state index is 13.4. The van der Waals surface area contributed by atoms with Crippen LogP contribution in [0.4, 0.5) is 5.82 Å². The summed E-state index contributed by atoms with van der Waals surface area (Å²) in [6.07, 6.45) is 1.70. The van der Waals surface area contributed by atoms with Crippen molar-refractivity contribution in [2.75, 3.05) is 4.72 Å². The normalized spacial score (nSPS) is 11.5. The maximum absolute atomic E-state index is 13.4. The average molecular weight is 440 g/mol. The van der Waals surface area contributed by atoms with E-state index >= 15 is 0 Å². The first kappa shape index (κ1) is 20.0. The number of fused-ring (bicyclic) bond motifs is 1. The Hall–Kier alpha value is -3.90. The highest BCUT2D eigenvalue weighted by Crippen LogP contribution is 2.41. The molecule has 2 heterocycles.